The Morgan fingerprint density at radius 1 is 1.06 bits per heavy atom. The van der Waals surface area contributed by atoms with Crippen molar-refractivity contribution in [2.24, 2.45) is 0 Å². The molecule has 2 rings (SSSR count). The highest BCUT2D eigenvalue weighted by atomic mass is 32.2. The minimum atomic E-state index is -4.30. The van der Waals surface area contributed by atoms with Crippen molar-refractivity contribution >= 4 is 33.6 Å². The van der Waals surface area contributed by atoms with Gasteiger partial charge in [-0.25, -0.2) is 17.6 Å². The Morgan fingerprint density at radius 3 is 2.30 bits per heavy atom. The lowest BCUT2D eigenvalue weighted by atomic mass is 10.2. The van der Waals surface area contributed by atoms with E-state index in [4.69, 9.17) is 9.47 Å². The smallest absolute Gasteiger partial charge is 0.340 e. The normalized spacial score (nSPS) is 13.0. The number of para-hydroxylation sites is 1. The lowest BCUT2D eigenvalue weighted by Crippen LogP contribution is -2.48. The molecule has 0 aliphatic carbocycles. The molecule has 0 aliphatic heterocycles. The number of nitrogens with one attached hydrogen (secondary N) is 2. The predicted octanol–water partition coefficient (Wildman–Crippen LogP) is 1.21. The van der Waals surface area contributed by atoms with Gasteiger partial charge < -0.3 is 19.9 Å². The van der Waals surface area contributed by atoms with E-state index in [0.717, 1.165) is 31.2 Å². The first-order valence-electron chi connectivity index (χ1n) is 9.73. The Hall–Kier alpha value is -3.35. The number of amides is 1. The highest BCUT2D eigenvalue weighted by molar-refractivity contribution is 7.89. The number of carbonyl (C=O) groups excluding carboxylic acids is 3. The van der Waals surface area contributed by atoms with E-state index in [2.05, 4.69) is 5.32 Å². The Balaban J connectivity index is 2.03. The molecule has 2 atom stereocenters. The molecular weight excluding hydrogens is 459 g/mol. The molecule has 0 radical (unpaired) electrons. The van der Waals surface area contributed by atoms with Gasteiger partial charge in [0.05, 0.1) is 28.9 Å². The van der Waals surface area contributed by atoms with Crippen molar-refractivity contribution in [1.82, 2.24) is 4.72 Å². The van der Waals surface area contributed by atoms with Crippen LogP contribution >= 0.6 is 0 Å². The Bertz CT molecular complexity index is 1100. The van der Waals surface area contributed by atoms with Crippen LogP contribution in [0.15, 0.2) is 53.4 Å². The van der Waals surface area contributed by atoms with E-state index < -0.39 is 52.4 Å². The molecule has 0 aromatic heterocycles. The molecule has 12 heteroatoms. The molecule has 2 aromatic rings. The fourth-order valence-electron chi connectivity index (χ4n) is 2.58. The molecule has 178 valence electrons. The summed E-state index contributed by atoms with van der Waals surface area (Å²) in [5.41, 5.74) is 0.217. The van der Waals surface area contributed by atoms with Crippen LogP contribution in [0.2, 0.25) is 0 Å². The number of rotatable bonds is 10. The summed E-state index contributed by atoms with van der Waals surface area (Å²) in [6.07, 6.45) is -1.51. The summed E-state index contributed by atoms with van der Waals surface area (Å²) in [6, 6.07) is 8.09. The summed E-state index contributed by atoms with van der Waals surface area (Å²) in [6.45, 7) is 2.08. The largest absolute Gasteiger partial charge is 0.462 e. The average Bonchev–Trinajstić information content (AvgIpc) is 2.76. The second-order valence-corrected chi connectivity index (χ2v) is 8.43. The van der Waals surface area contributed by atoms with Crippen molar-refractivity contribution in [1.29, 1.82) is 0 Å². The van der Waals surface area contributed by atoms with Gasteiger partial charge >= 0.3 is 11.9 Å². The van der Waals surface area contributed by atoms with E-state index >= 15 is 0 Å². The van der Waals surface area contributed by atoms with Gasteiger partial charge in [-0.2, -0.15) is 4.72 Å². The number of aliphatic hydroxyl groups excluding tert-OH is 1. The highest BCUT2D eigenvalue weighted by Gasteiger charge is 2.31. The quantitative estimate of drug-likeness (QED) is 0.428. The van der Waals surface area contributed by atoms with Crippen molar-refractivity contribution in [2.75, 3.05) is 18.5 Å². The third-order valence-corrected chi connectivity index (χ3v) is 5.64. The number of hydrogen-bond acceptors (Lipinski definition) is 8. The van der Waals surface area contributed by atoms with E-state index in [0.29, 0.717) is 0 Å². The van der Waals surface area contributed by atoms with Crippen LogP contribution in [-0.2, 0) is 29.1 Å². The predicted molar refractivity (Wildman–Crippen MR) is 114 cm³/mol. The van der Waals surface area contributed by atoms with Crippen LogP contribution in [0.1, 0.15) is 24.2 Å². The Morgan fingerprint density at radius 2 is 1.70 bits per heavy atom. The number of aliphatic hydroxyl groups is 1. The van der Waals surface area contributed by atoms with Crippen LogP contribution in [0.25, 0.3) is 0 Å². The van der Waals surface area contributed by atoms with E-state index in [1.54, 1.807) is 19.1 Å². The zero-order valence-corrected chi connectivity index (χ0v) is 18.6. The van der Waals surface area contributed by atoms with Crippen molar-refractivity contribution in [2.45, 2.75) is 30.9 Å². The van der Waals surface area contributed by atoms with Gasteiger partial charge in [-0.1, -0.05) is 12.1 Å². The van der Waals surface area contributed by atoms with Crippen molar-refractivity contribution in [3.8, 4) is 0 Å². The summed E-state index contributed by atoms with van der Waals surface area (Å²) in [4.78, 5) is 36.2. The third kappa shape index (κ3) is 7.34. The first-order chi connectivity index (χ1) is 15.5. The highest BCUT2D eigenvalue weighted by Crippen LogP contribution is 2.16. The monoisotopic (exact) mass is 482 g/mol. The average molecular weight is 482 g/mol. The number of hydrogen-bond donors (Lipinski definition) is 3. The zero-order chi connectivity index (χ0) is 24.6. The first-order valence-corrected chi connectivity index (χ1v) is 11.2. The molecule has 33 heavy (non-hydrogen) atoms. The van der Waals surface area contributed by atoms with Crippen LogP contribution in [0.3, 0.4) is 0 Å². The molecule has 0 spiro atoms. The summed E-state index contributed by atoms with van der Waals surface area (Å²) in [5, 5.41) is 12.2. The van der Waals surface area contributed by atoms with Gasteiger partial charge in [-0.05, 0) is 50.2 Å². The molecule has 2 aromatic carbocycles. The van der Waals surface area contributed by atoms with Crippen molar-refractivity contribution in [3.05, 3.63) is 59.9 Å². The van der Waals surface area contributed by atoms with Crippen LogP contribution in [0.5, 0.6) is 0 Å². The molecule has 3 N–H and O–H groups in total. The third-order valence-electron chi connectivity index (χ3n) is 4.18. The summed E-state index contributed by atoms with van der Waals surface area (Å²) < 4.78 is 49.6. The van der Waals surface area contributed by atoms with E-state index in [-0.39, 0.29) is 22.8 Å². The molecule has 0 fully saturated rings. The molecule has 1 amide bonds. The number of halogens is 1. The number of anilines is 1. The van der Waals surface area contributed by atoms with Crippen molar-refractivity contribution in [3.63, 3.8) is 0 Å². The van der Waals surface area contributed by atoms with E-state index in [1.165, 1.54) is 12.1 Å². The van der Waals surface area contributed by atoms with Gasteiger partial charge in [0, 0.05) is 0 Å². The molecule has 0 saturated carbocycles. The number of esters is 2. The Labute approximate surface area is 189 Å². The van der Waals surface area contributed by atoms with Gasteiger partial charge in [0.1, 0.15) is 11.9 Å². The number of benzene rings is 2. The topological polar surface area (TPSA) is 148 Å². The molecule has 0 heterocycles. The second kappa shape index (κ2) is 11.5. The second-order valence-electron chi connectivity index (χ2n) is 6.72. The number of carbonyl (C=O) groups is 3. The van der Waals surface area contributed by atoms with Crippen LogP contribution in [0.4, 0.5) is 10.1 Å². The fourth-order valence-corrected chi connectivity index (χ4v) is 3.84. The summed E-state index contributed by atoms with van der Waals surface area (Å²) in [5.74, 6) is -3.35. The standard InChI is InChI=1S/C21H23FN2O8S/c1-3-31-20(27)16-6-4-5-7-17(16)23-18(26)12-32-21(28)19(13(2)25)24-33(29,30)15-10-8-14(22)9-11-15/h4-11,13,19,24-25H,3,12H2,1-2H3,(H,23,26)/t13-,19-/m1/s1. The van der Waals surface area contributed by atoms with E-state index in [1.807, 2.05) is 4.72 Å². The maximum absolute atomic E-state index is 13.0. The van der Waals surface area contributed by atoms with Crippen LogP contribution in [-0.4, -0.2) is 56.7 Å². The van der Waals surface area contributed by atoms with Crippen LogP contribution < -0.4 is 10.0 Å². The molecule has 0 saturated heterocycles. The van der Waals surface area contributed by atoms with Gasteiger partial charge in [0.2, 0.25) is 10.0 Å². The van der Waals surface area contributed by atoms with Crippen molar-refractivity contribution < 1.29 is 41.8 Å². The summed E-state index contributed by atoms with van der Waals surface area (Å²) >= 11 is 0. The fraction of sp³-hybridized carbons (Fsp3) is 0.286. The van der Waals surface area contributed by atoms with Gasteiger partial charge in [0.15, 0.2) is 6.61 Å². The molecule has 0 aliphatic rings. The van der Waals surface area contributed by atoms with Gasteiger partial charge in [-0.15, -0.1) is 0 Å². The minimum absolute atomic E-state index is 0.0907. The Kier molecular flexibility index (Phi) is 9.02. The molecule has 0 bridgehead atoms. The minimum Gasteiger partial charge on any atom is -0.462 e. The van der Waals surface area contributed by atoms with Crippen LogP contribution in [0, 0.1) is 5.82 Å². The molecule has 0 unspecified atom stereocenters. The number of ether oxygens (including phenoxy) is 2. The van der Waals surface area contributed by atoms with Gasteiger partial charge in [-0.3, -0.25) is 9.59 Å². The maximum atomic E-state index is 13.0. The van der Waals surface area contributed by atoms with Gasteiger partial charge in [0.25, 0.3) is 5.91 Å². The molecule has 10 nitrogen and oxygen atoms in total. The zero-order valence-electron chi connectivity index (χ0n) is 17.8. The molecular formula is C21H23FN2O8S. The lowest BCUT2D eigenvalue weighted by molar-refractivity contribution is -0.151. The van der Waals surface area contributed by atoms with E-state index in [9.17, 15) is 32.3 Å². The first kappa shape index (κ1) is 25.9. The summed E-state index contributed by atoms with van der Waals surface area (Å²) in [7, 11) is -4.30. The lowest BCUT2D eigenvalue weighted by Gasteiger charge is -2.20. The SMILES string of the molecule is CCOC(=O)c1ccccc1NC(=O)COC(=O)[C@H](NS(=O)(=O)c1ccc(F)cc1)[C@@H](C)O. The maximum Gasteiger partial charge on any atom is 0.340 e. The number of sulfonamides is 1.